The van der Waals surface area contributed by atoms with Crippen LogP contribution in [0.5, 0.6) is 5.75 Å². The number of alkyl halides is 3. The lowest BCUT2D eigenvalue weighted by Gasteiger charge is -2.26. The number of carbonyl (C=O) groups is 3. The molecule has 7 nitrogen and oxygen atoms in total. The molecule has 0 spiro atoms. The van der Waals surface area contributed by atoms with Gasteiger partial charge in [-0.3, -0.25) is 14.9 Å². The fourth-order valence-electron chi connectivity index (χ4n) is 3.56. The second-order valence-electron chi connectivity index (χ2n) is 7.33. The highest BCUT2D eigenvalue weighted by Gasteiger charge is 2.48. The Bertz CT molecular complexity index is 1200. The smallest absolute Gasteiger partial charge is 0.416 e. The summed E-state index contributed by atoms with van der Waals surface area (Å²) in [5.74, 6) is 4.44. The molecule has 4 rings (SSSR count). The van der Waals surface area contributed by atoms with E-state index in [2.05, 4.69) is 22.5 Å². The van der Waals surface area contributed by atoms with Crippen molar-refractivity contribution in [1.82, 2.24) is 15.5 Å². The molecule has 0 saturated carbocycles. The Morgan fingerprint density at radius 2 is 1.94 bits per heavy atom. The molecule has 1 saturated heterocycles. The van der Waals surface area contributed by atoms with Gasteiger partial charge in [-0.15, -0.1) is 0 Å². The molecule has 0 bridgehead atoms. The van der Waals surface area contributed by atoms with E-state index in [0.29, 0.717) is 16.9 Å². The van der Waals surface area contributed by atoms with Gasteiger partial charge in [0, 0.05) is 17.7 Å². The molecule has 0 aliphatic carbocycles. The number of methoxy groups -OCH3 is 1. The Morgan fingerprint density at radius 1 is 1.16 bits per heavy atom. The fraction of sp³-hybridized carbons (Fsp3) is 0.227. The van der Waals surface area contributed by atoms with Gasteiger partial charge < -0.3 is 15.0 Å². The van der Waals surface area contributed by atoms with Gasteiger partial charge in [-0.1, -0.05) is 24.0 Å². The zero-order valence-electron chi connectivity index (χ0n) is 16.7. The van der Waals surface area contributed by atoms with Crippen molar-refractivity contribution in [2.45, 2.75) is 18.3 Å². The van der Waals surface area contributed by atoms with Gasteiger partial charge in [0.1, 0.15) is 5.75 Å². The summed E-state index contributed by atoms with van der Waals surface area (Å²) in [7, 11) is 1.47. The fourth-order valence-corrected chi connectivity index (χ4v) is 3.56. The maximum atomic E-state index is 13.0. The van der Waals surface area contributed by atoms with E-state index in [1.165, 1.54) is 24.1 Å². The Morgan fingerprint density at radius 3 is 2.59 bits per heavy atom. The van der Waals surface area contributed by atoms with E-state index in [-0.39, 0.29) is 24.6 Å². The van der Waals surface area contributed by atoms with E-state index in [1.807, 2.05) is 0 Å². The third-order valence-corrected chi connectivity index (χ3v) is 5.18. The Balaban J connectivity index is 1.65. The van der Waals surface area contributed by atoms with Crippen molar-refractivity contribution in [3.05, 3.63) is 64.7 Å². The number of nitrogens with one attached hydrogen (secondary N) is 2. The van der Waals surface area contributed by atoms with Crippen LogP contribution >= 0.6 is 0 Å². The van der Waals surface area contributed by atoms with Crippen LogP contribution in [-0.4, -0.2) is 41.9 Å². The number of benzene rings is 2. The lowest BCUT2D eigenvalue weighted by Crippen LogP contribution is -2.54. The van der Waals surface area contributed by atoms with Crippen molar-refractivity contribution in [3.8, 4) is 17.6 Å². The SMILES string of the molecule is COc1ccc2c(c1)C(=O)N(C[C@@]1(C#Cc3cccc(C(F)(F)F)c3)NC(=O)NC1=O)C2. The molecule has 2 aromatic carbocycles. The summed E-state index contributed by atoms with van der Waals surface area (Å²) in [4.78, 5) is 38.6. The molecule has 1 atom stereocenters. The Hall–Kier alpha value is -4.00. The van der Waals surface area contributed by atoms with E-state index in [4.69, 9.17) is 4.74 Å². The normalized spacial score (nSPS) is 19.8. The monoisotopic (exact) mass is 443 g/mol. The van der Waals surface area contributed by atoms with Gasteiger partial charge >= 0.3 is 12.2 Å². The maximum absolute atomic E-state index is 13.0. The second kappa shape index (κ2) is 7.60. The number of fused-ring (bicyclic) bond motifs is 1. The molecule has 2 aromatic rings. The minimum absolute atomic E-state index is 0.00826. The molecule has 0 radical (unpaired) electrons. The summed E-state index contributed by atoms with van der Waals surface area (Å²) in [6.45, 7) is -0.110. The zero-order chi connectivity index (χ0) is 23.1. The van der Waals surface area contributed by atoms with Crippen molar-refractivity contribution in [2.75, 3.05) is 13.7 Å². The molecule has 4 amide bonds. The van der Waals surface area contributed by atoms with Crippen LogP contribution in [-0.2, 0) is 17.5 Å². The molecule has 2 heterocycles. The first-order chi connectivity index (χ1) is 15.1. The average molecular weight is 443 g/mol. The van der Waals surface area contributed by atoms with Gasteiger partial charge in [0.25, 0.3) is 11.8 Å². The predicted molar refractivity (Wildman–Crippen MR) is 105 cm³/mol. The molecule has 2 aliphatic heterocycles. The highest BCUT2D eigenvalue weighted by atomic mass is 19.4. The molecule has 164 valence electrons. The molecule has 1 fully saturated rings. The molecule has 10 heteroatoms. The van der Waals surface area contributed by atoms with E-state index in [9.17, 15) is 27.6 Å². The van der Waals surface area contributed by atoms with Gasteiger partial charge in [0.15, 0.2) is 0 Å². The van der Waals surface area contributed by atoms with Gasteiger partial charge in [-0.2, -0.15) is 13.2 Å². The summed E-state index contributed by atoms with van der Waals surface area (Å²) in [6, 6.07) is 8.49. The first-order valence-electron chi connectivity index (χ1n) is 9.41. The number of imide groups is 1. The zero-order valence-corrected chi connectivity index (χ0v) is 16.7. The Labute approximate surface area is 180 Å². The van der Waals surface area contributed by atoms with Crippen molar-refractivity contribution < 1.29 is 32.3 Å². The van der Waals surface area contributed by atoms with Crippen molar-refractivity contribution in [1.29, 1.82) is 0 Å². The number of nitrogens with zero attached hydrogens (tertiary/aromatic N) is 1. The van der Waals surface area contributed by atoms with E-state index in [0.717, 1.165) is 12.1 Å². The molecular weight excluding hydrogens is 427 g/mol. The quantitative estimate of drug-likeness (QED) is 0.563. The number of rotatable bonds is 3. The first kappa shape index (κ1) is 21.2. The van der Waals surface area contributed by atoms with Crippen molar-refractivity contribution in [3.63, 3.8) is 0 Å². The van der Waals surface area contributed by atoms with E-state index < -0.39 is 29.2 Å². The van der Waals surface area contributed by atoms with Gasteiger partial charge in [0.05, 0.1) is 19.2 Å². The molecule has 32 heavy (non-hydrogen) atoms. The van der Waals surface area contributed by atoms with Crippen LogP contribution in [0.2, 0.25) is 0 Å². The summed E-state index contributed by atoms with van der Waals surface area (Å²) in [6.07, 6.45) is -4.55. The topological polar surface area (TPSA) is 87.7 Å². The summed E-state index contributed by atoms with van der Waals surface area (Å²) in [5, 5.41) is 4.49. The summed E-state index contributed by atoms with van der Waals surface area (Å²) < 4.78 is 44.1. The third-order valence-electron chi connectivity index (χ3n) is 5.18. The number of urea groups is 1. The molecule has 2 aliphatic rings. The van der Waals surface area contributed by atoms with E-state index >= 15 is 0 Å². The minimum Gasteiger partial charge on any atom is -0.497 e. The predicted octanol–water partition coefficient (Wildman–Crippen LogP) is 2.30. The standard InChI is InChI=1S/C22H16F3N3O4/c1-32-16-6-5-14-11-28(18(29)17(14)10-16)12-21(19(30)26-20(31)27-21)8-7-13-3-2-4-15(9-13)22(23,24)25/h2-6,9-10H,11-12H2,1H3,(H2,26,27,30,31)/t21-/m1/s1. The number of halogens is 3. The Kier molecular flexibility index (Phi) is 5.05. The van der Waals surface area contributed by atoms with Gasteiger partial charge in [-0.05, 0) is 35.9 Å². The number of hydrogen-bond acceptors (Lipinski definition) is 4. The summed E-state index contributed by atoms with van der Waals surface area (Å²) >= 11 is 0. The maximum Gasteiger partial charge on any atom is 0.416 e. The molecule has 2 N–H and O–H groups in total. The number of amides is 4. The molecule has 0 unspecified atom stereocenters. The minimum atomic E-state index is -4.55. The van der Waals surface area contributed by atoms with Gasteiger partial charge in [0.2, 0.25) is 5.54 Å². The third kappa shape index (κ3) is 3.85. The highest BCUT2D eigenvalue weighted by Crippen LogP contribution is 2.30. The largest absolute Gasteiger partial charge is 0.497 e. The molecular formula is C22H16F3N3O4. The van der Waals surface area contributed by atoms with Crippen LogP contribution in [0.3, 0.4) is 0 Å². The average Bonchev–Trinajstić information content (AvgIpc) is 3.21. The van der Waals surface area contributed by atoms with Gasteiger partial charge in [-0.25, -0.2) is 4.79 Å². The lowest BCUT2D eigenvalue weighted by atomic mass is 9.98. The second-order valence-corrected chi connectivity index (χ2v) is 7.33. The highest BCUT2D eigenvalue weighted by molar-refractivity contribution is 6.10. The van der Waals surface area contributed by atoms with Crippen molar-refractivity contribution in [2.24, 2.45) is 0 Å². The number of carbonyl (C=O) groups excluding carboxylic acids is 3. The van der Waals surface area contributed by atoms with E-state index in [1.54, 1.807) is 18.2 Å². The van der Waals surface area contributed by atoms with Crippen LogP contribution in [0.1, 0.15) is 27.0 Å². The number of ether oxygens (including phenoxy) is 1. The molecule has 0 aromatic heterocycles. The van der Waals surface area contributed by atoms with Crippen LogP contribution < -0.4 is 15.4 Å². The van der Waals surface area contributed by atoms with Crippen LogP contribution in [0.25, 0.3) is 0 Å². The van der Waals surface area contributed by atoms with Crippen LogP contribution in [0.4, 0.5) is 18.0 Å². The first-order valence-corrected chi connectivity index (χ1v) is 9.41. The lowest BCUT2D eigenvalue weighted by molar-refractivity contribution is -0.137. The van der Waals surface area contributed by atoms with Crippen LogP contribution in [0.15, 0.2) is 42.5 Å². The summed E-state index contributed by atoms with van der Waals surface area (Å²) in [5.41, 5.74) is -1.59. The van der Waals surface area contributed by atoms with Crippen LogP contribution in [0, 0.1) is 11.8 Å². The number of hydrogen-bond donors (Lipinski definition) is 2. The van der Waals surface area contributed by atoms with Crippen molar-refractivity contribution >= 4 is 17.8 Å².